The predicted molar refractivity (Wildman–Crippen MR) is 99.3 cm³/mol. The Morgan fingerprint density at radius 1 is 1.08 bits per heavy atom. The molecule has 4 aromatic rings. The zero-order chi connectivity index (χ0) is 17.2. The predicted octanol–water partition coefficient (Wildman–Crippen LogP) is 4.90. The smallest absolute Gasteiger partial charge is 0.257 e. The maximum absolute atomic E-state index is 12.2. The topological polar surface area (TPSA) is 68.0 Å². The first-order valence-electron chi connectivity index (χ1n) is 7.57. The first-order valence-corrected chi connectivity index (χ1v) is 8.36. The van der Waals surface area contributed by atoms with Gasteiger partial charge in [0, 0.05) is 28.1 Å². The van der Waals surface area contributed by atoms with Crippen molar-refractivity contribution >= 4 is 38.6 Å². The number of nitrogens with zero attached hydrogens (tertiary/aromatic N) is 2. The van der Waals surface area contributed by atoms with Crippen LogP contribution in [0.25, 0.3) is 22.6 Å². The summed E-state index contributed by atoms with van der Waals surface area (Å²) in [6.07, 6.45) is 3.15. The lowest BCUT2D eigenvalue weighted by Gasteiger charge is -2.04. The molecule has 0 aliphatic carbocycles. The van der Waals surface area contributed by atoms with Gasteiger partial charge in [0.25, 0.3) is 5.91 Å². The maximum Gasteiger partial charge on any atom is 0.257 e. The molecule has 1 amide bonds. The zero-order valence-electron chi connectivity index (χ0n) is 12.9. The molecule has 0 aliphatic rings. The molecule has 5 nitrogen and oxygen atoms in total. The van der Waals surface area contributed by atoms with Crippen molar-refractivity contribution in [3.05, 3.63) is 77.0 Å². The van der Waals surface area contributed by atoms with Crippen molar-refractivity contribution in [3.63, 3.8) is 0 Å². The SMILES string of the molecule is O=C(Nc1ccc2oc(-c3ccc(Br)cc3)nc2c1)c1cccnc1. The molecular weight excluding hydrogens is 382 g/mol. The number of pyridine rings is 1. The summed E-state index contributed by atoms with van der Waals surface area (Å²) in [5, 5.41) is 2.84. The van der Waals surface area contributed by atoms with Gasteiger partial charge < -0.3 is 9.73 Å². The van der Waals surface area contributed by atoms with E-state index in [9.17, 15) is 4.79 Å². The Morgan fingerprint density at radius 3 is 2.68 bits per heavy atom. The molecule has 0 fully saturated rings. The van der Waals surface area contributed by atoms with Gasteiger partial charge in [-0.3, -0.25) is 9.78 Å². The van der Waals surface area contributed by atoms with E-state index in [4.69, 9.17) is 4.42 Å². The van der Waals surface area contributed by atoms with Gasteiger partial charge in [-0.2, -0.15) is 0 Å². The lowest BCUT2D eigenvalue weighted by Crippen LogP contribution is -2.11. The first kappa shape index (κ1) is 15.5. The van der Waals surface area contributed by atoms with Crippen LogP contribution in [-0.2, 0) is 0 Å². The second kappa shape index (κ2) is 6.49. The normalized spacial score (nSPS) is 10.8. The Bertz CT molecular complexity index is 1040. The Kier molecular flexibility index (Phi) is 4.03. The van der Waals surface area contributed by atoms with Crippen LogP contribution in [0.3, 0.4) is 0 Å². The minimum absolute atomic E-state index is 0.218. The molecule has 0 saturated carbocycles. The number of carbonyl (C=O) groups is 1. The van der Waals surface area contributed by atoms with Crippen LogP contribution in [0.4, 0.5) is 5.69 Å². The summed E-state index contributed by atoms with van der Waals surface area (Å²) in [5.74, 6) is 0.322. The van der Waals surface area contributed by atoms with Crippen LogP contribution in [0.2, 0.25) is 0 Å². The van der Waals surface area contributed by atoms with E-state index in [0.29, 0.717) is 28.2 Å². The van der Waals surface area contributed by atoms with Gasteiger partial charge in [-0.15, -0.1) is 0 Å². The molecule has 6 heteroatoms. The number of fused-ring (bicyclic) bond motifs is 1. The molecule has 2 heterocycles. The van der Waals surface area contributed by atoms with E-state index in [-0.39, 0.29) is 5.91 Å². The first-order chi connectivity index (χ1) is 12.2. The molecule has 2 aromatic heterocycles. The third kappa shape index (κ3) is 3.29. The monoisotopic (exact) mass is 393 g/mol. The second-order valence-corrected chi connectivity index (χ2v) is 6.32. The van der Waals surface area contributed by atoms with Gasteiger partial charge in [-0.05, 0) is 54.6 Å². The van der Waals surface area contributed by atoms with Crippen molar-refractivity contribution in [1.82, 2.24) is 9.97 Å². The fourth-order valence-corrected chi connectivity index (χ4v) is 2.69. The van der Waals surface area contributed by atoms with E-state index < -0.39 is 0 Å². The van der Waals surface area contributed by atoms with Gasteiger partial charge in [-0.25, -0.2) is 4.98 Å². The third-order valence-electron chi connectivity index (χ3n) is 3.66. The molecule has 2 aromatic carbocycles. The van der Waals surface area contributed by atoms with Crippen LogP contribution >= 0.6 is 15.9 Å². The van der Waals surface area contributed by atoms with Crippen molar-refractivity contribution in [2.24, 2.45) is 0 Å². The molecule has 0 atom stereocenters. The highest BCUT2D eigenvalue weighted by Crippen LogP contribution is 2.27. The van der Waals surface area contributed by atoms with Crippen LogP contribution in [0, 0.1) is 0 Å². The minimum atomic E-state index is -0.218. The number of rotatable bonds is 3. The van der Waals surface area contributed by atoms with Crippen molar-refractivity contribution in [2.45, 2.75) is 0 Å². The summed E-state index contributed by atoms with van der Waals surface area (Å²) in [6, 6.07) is 16.5. The Labute approximate surface area is 151 Å². The number of anilines is 1. The Balaban J connectivity index is 1.62. The molecule has 122 valence electrons. The highest BCUT2D eigenvalue weighted by atomic mass is 79.9. The highest BCUT2D eigenvalue weighted by molar-refractivity contribution is 9.10. The third-order valence-corrected chi connectivity index (χ3v) is 4.19. The largest absolute Gasteiger partial charge is 0.436 e. The standard InChI is InChI=1S/C19H12BrN3O2/c20-14-5-3-12(4-6-14)19-23-16-10-15(7-8-17(16)25-19)22-18(24)13-2-1-9-21-11-13/h1-11H,(H,22,24). The number of nitrogens with one attached hydrogen (secondary N) is 1. The van der Waals surface area contributed by atoms with Gasteiger partial charge in [0.05, 0.1) is 5.56 Å². The number of oxazole rings is 1. The zero-order valence-corrected chi connectivity index (χ0v) is 14.5. The van der Waals surface area contributed by atoms with Crippen LogP contribution in [0.1, 0.15) is 10.4 Å². The second-order valence-electron chi connectivity index (χ2n) is 5.40. The molecule has 0 aliphatic heterocycles. The van der Waals surface area contributed by atoms with Crippen molar-refractivity contribution in [2.75, 3.05) is 5.32 Å². The lowest BCUT2D eigenvalue weighted by molar-refractivity contribution is 0.102. The number of benzene rings is 2. The van der Waals surface area contributed by atoms with Crippen LogP contribution in [-0.4, -0.2) is 15.9 Å². The van der Waals surface area contributed by atoms with Crippen molar-refractivity contribution in [3.8, 4) is 11.5 Å². The molecule has 0 bridgehead atoms. The van der Waals surface area contributed by atoms with Crippen molar-refractivity contribution in [1.29, 1.82) is 0 Å². The fourth-order valence-electron chi connectivity index (χ4n) is 2.42. The van der Waals surface area contributed by atoms with Crippen molar-refractivity contribution < 1.29 is 9.21 Å². The van der Waals surface area contributed by atoms with Crippen LogP contribution < -0.4 is 5.32 Å². The van der Waals surface area contributed by atoms with E-state index in [2.05, 4.69) is 31.2 Å². The molecular formula is C19H12BrN3O2. The van der Waals surface area contributed by atoms with Gasteiger partial charge in [-0.1, -0.05) is 15.9 Å². The quantitative estimate of drug-likeness (QED) is 0.537. The van der Waals surface area contributed by atoms with Gasteiger partial charge in [0.15, 0.2) is 5.58 Å². The summed E-state index contributed by atoms with van der Waals surface area (Å²) >= 11 is 3.41. The number of halogens is 1. The van der Waals surface area contributed by atoms with E-state index >= 15 is 0 Å². The number of hydrogen-bond acceptors (Lipinski definition) is 4. The Morgan fingerprint density at radius 2 is 1.92 bits per heavy atom. The molecule has 0 unspecified atom stereocenters. The molecule has 0 spiro atoms. The highest BCUT2D eigenvalue weighted by Gasteiger charge is 2.11. The van der Waals surface area contributed by atoms with Gasteiger partial charge in [0.2, 0.25) is 5.89 Å². The van der Waals surface area contributed by atoms with E-state index in [1.807, 2.05) is 24.3 Å². The number of aromatic nitrogens is 2. The molecule has 4 rings (SSSR count). The van der Waals surface area contributed by atoms with E-state index in [1.54, 1.807) is 36.5 Å². The summed E-state index contributed by atoms with van der Waals surface area (Å²) in [7, 11) is 0. The maximum atomic E-state index is 12.2. The average molecular weight is 394 g/mol. The number of amides is 1. The van der Waals surface area contributed by atoms with E-state index in [0.717, 1.165) is 10.0 Å². The molecule has 1 N–H and O–H groups in total. The number of carbonyl (C=O) groups excluding carboxylic acids is 1. The van der Waals surface area contributed by atoms with Gasteiger partial charge >= 0.3 is 0 Å². The number of hydrogen-bond donors (Lipinski definition) is 1. The minimum Gasteiger partial charge on any atom is -0.436 e. The summed E-state index contributed by atoms with van der Waals surface area (Å²) in [4.78, 5) is 20.7. The fraction of sp³-hybridized carbons (Fsp3) is 0. The lowest BCUT2D eigenvalue weighted by atomic mass is 10.2. The average Bonchev–Trinajstić information content (AvgIpc) is 3.06. The molecule has 25 heavy (non-hydrogen) atoms. The summed E-state index contributed by atoms with van der Waals surface area (Å²) in [6.45, 7) is 0. The molecule has 0 radical (unpaired) electrons. The van der Waals surface area contributed by atoms with Gasteiger partial charge in [0.1, 0.15) is 5.52 Å². The summed E-state index contributed by atoms with van der Waals surface area (Å²) in [5.41, 5.74) is 3.38. The van der Waals surface area contributed by atoms with E-state index in [1.165, 1.54) is 6.20 Å². The summed E-state index contributed by atoms with van der Waals surface area (Å²) < 4.78 is 6.78. The molecule has 0 saturated heterocycles. The van der Waals surface area contributed by atoms with Crippen LogP contribution in [0.15, 0.2) is 75.9 Å². The van der Waals surface area contributed by atoms with Crippen LogP contribution in [0.5, 0.6) is 0 Å². The Hall–Kier alpha value is -2.99.